The number of piperidine rings is 1. The molecule has 0 saturated carbocycles. The van der Waals surface area contributed by atoms with Crippen molar-refractivity contribution in [3.05, 3.63) is 95.9 Å². The number of unbranched alkanes of at least 4 members (excludes halogenated alkanes) is 3. The lowest BCUT2D eigenvalue weighted by Gasteiger charge is -2.27. The van der Waals surface area contributed by atoms with Gasteiger partial charge in [0, 0.05) is 43.5 Å². The molecule has 52 heavy (non-hydrogen) atoms. The van der Waals surface area contributed by atoms with Gasteiger partial charge in [-0.15, -0.1) is 0 Å². The van der Waals surface area contributed by atoms with Crippen LogP contribution in [0.4, 0.5) is 0 Å². The fourth-order valence-electron chi connectivity index (χ4n) is 6.21. The van der Waals surface area contributed by atoms with Crippen LogP contribution in [0.15, 0.2) is 83.3 Å². The molecule has 1 atom stereocenters. The largest absolute Gasteiger partial charge is 0.483 e. The van der Waals surface area contributed by atoms with Crippen molar-refractivity contribution in [2.75, 3.05) is 19.7 Å². The van der Waals surface area contributed by atoms with Crippen molar-refractivity contribution in [2.45, 2.75) is 57.4 Å². The van der Waals surface area contributed by atoms with Crippen LogP contribution in [0.3, 0.4) is 0 Å². The van der Waals surface area contributed by atoms with Gasteiger partial charge in [-0.05, 0) is 31.4 Å². The Hall–Kier alpha value is -6.11. The third-order valence-electron chi connectivity index (χ3n) is 8.86. The van der Waals surface area contributed by atoms with Gasteiger partial charge in [-0.25, -0.2) is 4.98 Å². The predicted molar refractivity (Wildman–Crippen MR) is 189 cm³/mol. The standard InChI is InChI=1S/C39H39N5O8/c45-30(20-21-33-43-35(25-12-5-3-6-13-25)36(52-33)26-14-7-4-8-15-26)40-22-9-1-2-10-23-41-32(47)24-51-29-17-11-16-27-34(29)39(50)44(38(27)49)28-18-19-31(46)42-37(28)48/h3-8,11-17,28H,1-2,9-10,18-24H2,(H,40,45)(H,41,47)(H,42,46,48). The first-order valence-corrected chi connectivity index (χ1v) is 17.4. The van der Waals surface area contributed by atoms with Crippen molar-refractivity contribution in [3.63, 3.8) is 0 Å². The van der Waals surface area contributed by atoms with Gasteiger partial charge in [0.1, 0.15) is 17.5 Å². The molecule has 0 bridgehead atoms. The van der Waals surface area contributed by atoms with Crippen LogP contribution in [-0.4, -0.2) is 71.1 Å². The smallest absolute Gasteiger partial charge is 0.266 e. The number of aromatic nitrogens is 1. The molecular weight excluding hydrogens is 666 g/mol. The lowest BCUT2D eigenvalue weighted by atomic mass is 10.0. The number of fused-ring (bicyclic) bond motifs is 1. The number of nitrogens with zero attached hydrogens (tertiary/aromatic N) is 2. The summed E-state index contributed by atoms with van der Waals surface area (Å²) >= 11 is 0. The molecule has 13 nitrogen and oxygen atoms in total. The number of imide groups is 2. The molecule has 0 spiro atoms. The molecule has 2 aliphatic rings. The first-order chi connectivity index (χ1) is 25.3. The quantitative estimate of drug-likeness (QED) is 0.114. The molecule has 3 aromatic carbocycles. The van der Waals surface area contributed by atoms with Crippen molar-refractivity contribution >= 4 is 35.4 Å². The summed E-state index contributed by atoms with van der Waals surface area (Å²) in [5.74, 6) is -1.72. The number of oxazole rings is 1. The molecule has 13 heteroatoms. The molecule has 0 radical (unpaired) electrons. The normalized spacial score (nSPS) is 15.3. The van der Waals surface area contributed by atoms with Gasteiger partial charge in [0.15, 0.2) is 18.3 Å². The molecule has 1 fully saturated rings. The van der Waals surface area contributed by atoms with Crippen molar-refractivity contribution in [2.24, 2.45) is 0 Å². The summed E-state index contributed by atoms with van der Waals surface area (Å²) in [6, 6.07) is 23.0. The third kappa shape index (κ3) is 8.43. The number of aryl methyl sites for hydroxylation is 1. The van der Waals surface area contributed by atoms with Gasteiger partial charge in [-0.2, -0.15) is 0 Å². The van der Waals surface area contributed by atoms with E-state index in [0.717, 1.165) is 47.4 Å². The number of hydrogen-bond donors (Lipinski definition) is 3. The second kappa shape index (κ2) is 16.7. The van der Waals surface area contributed by atoms with Crippen LogP contribution in [0.1, 0.15) is 71.6 Å². The van der Waals surface area contributed by atoms with Gasteiger partial charge in [0.2, 0.25) is 17.7 Å². The number of ether oxygens (including phenoxy) is 1. The second-order valence-electron chi connectivity index (χ2n) is 12.5. The third-order valence-corrected chi connectivity index (χ3v) is 8.86. The zero-order valence-electron chi connectivity index (χ0n) is 28.5. The molecule has 268 valence electrons. The number of benzene rings is 3. The summed E-state index contributed by atoms with van der Waals surface area (Å²) in [6.45, 7) is 0.601. The van der Waals surface area contributed by atoms with Gasteiger partial charge < -0.3 is 19.8 Å². The van der Waals surface area contributed by atoms with Gasteiger partial charge in [0.25, 0.3) is 17.7 Å². The van der Waals surface area contributed by atoms with Crippen molar-refractivity contribution in [1.82, 2.24) is 25.8 Å². The summed E-state index contributed by atoms with van der Waals surface area (Å²) in [7, 11) is 0. The minimum atomic E-state index is -1.09. The first-order valence-electron chi connectivity index (χ1n) is 17.4. The number of amides is 6. The van der Waals surface area contributed by atoms with Gasteiger partial charge >= 0.3 is 0 Å². The van der Waals surface area contributed by atoms with Crippen LogP contribution in [0, 0.1) is 0 Å². The minimum Gasteiger partial charge on any atom is -0.483 e. The van der Waals surface area contributed by atoms with Gasteiger partial charge in [0.05, 0.1) is 11.1 Å². The maximum absolute atomic E-state index is 13.2. The van der Waals surface area contributed by atoms with Crippen molar-refractivity contribution in [3.8, 4) is 28.3 Å². The van der Waals surface area contributed by atoms with E-state index in [1.807, 2.05) is 60.7 Å². The zero-order chi connectivity index (χ0) is 36.5. The maximum atomic E-state index is 13.2. The van der Waals surface area contributed by atoms with Crippen LogP contribution >= 0.6 is 0 Å². The van der Waals surface area contributed by atoms with E-state index in [9.17, 15) is 28.8 Å². The summed E-state index contributed by atoms with van der Waals surface area (Å²) in [5.41, 5.74) is 2.68. The van der Waals surface area contributed by atoms with Gasteiger partial charge in [-0.3, -0.25) is 39.0 Å². The monoisotopic (exact) mass is 705 g/mol. The predicted octanol–water partition coefficient (Wildman–Crippen LogP) is 4.21. The lowest BCUT2D eigenvalue weighted by molar-refractivity contribution is -0.136. The Morgan fingerprint density at radius 2 is 1.48 bits per heavy atom. The SMILES string of the molecule is O=C(CCc1nc(-c2ccccc2)c(-c2ccccc2)o1)NCCCCCCNC(=O)COc1cccc2c1C(=O)N(C1CCC(=O)NC1=O)C2=O. The number of carbonyl (C=O) groups excluding carboxylic acids is 6. The van der Waals surface area contributed by atoms with E-state index in [-0.39, 0.29) is 54.6 Å². The number of nitrogens with one attached hydrogen (secondary N) is 3. The molecule has 3 heterocycles. The van der Waals surface area contributed by atoms with Crippen molar-refractivity contribution < 1.29 is 37.9 Å². The van der Waals surface area contributed by atoms with Crippen LogP contribution in [0.5, 0.6) is 5.75 Å². The Labute approximate surface area is 300 Å². The maximum Gasteiger partial charge on any atom is 0.266 e. The van der Waals surface area contributed by atoms with E-state index in [1.54, 1.807) is 0 Å². The Bertz CT molecular complexity index is 1900. The summed E-state index contributed by atoms with van der Waals surface area (Å²) in [4.78, 5) is 80.6. The molecule has 1 aromatic heterocycles. The molecule has 6 amide bonds. The van der Waals surface area contributed by atoms with E-state index in [4.69, 9.17) is 14.1 Å². The molecule has 1 unspecified atom stereocenters. The van der Waals surface area contributed by atoms with E-state index < -0.39 is 29.7 Å². The Morgan fingerprint density at radius 3 is 2.17 bits per heavy atom. The molecular formula is C39H39N5O8. The molecule has 4 aromatic rings. The number of carbonyl (C=O) groups is 6. The average Bonchev–Trinajstić information content (AvgIpc) is 3.70. The highest BCUT2D eigenvalue weighted by atomic mass is 16.5. The summed E-state index contributed by atoms with van der Waals surface area (Å²) in [5, 5.41) is 7.90. The van der Waals surface area contributed by atoms with E-state index in [1.165, 1.54) is 18.2 Å². The Morgan fingerprint density at radius 1 is 0.808 bits per heavy atom. The van der Waals surface area contributed by atoms with Crippen LogP contribution in [0.25, 0.3) is 22.6 Å². The topological polar surface area (TPSA) is 177 Å². The Balaban J connectivity index is 0.865. The number of rotatable bonds is 16. The summed E-state index contributed by atoms with van der Waals surface area (Å²) < 4.78 is 11.7. The highest BCUT2D eigenvalue weighted by molar-refractivity contribution is 6.24. The van der Waals surface area contributed by atoms with E-state index in [2.05, 4.69) is 16.0 Å². The van der Waals surface area contributed by atoms with Gasteiger partial charge in [-0.1, -0.05) is 79.6 Å². The fraction of sp³-hybridized carbons (Fsp3) is 0.308. The molecule has 1 saturated heterocycles. The number of hydrogen-bond acceptors (Lipinski definition) is 9. The molecule has 0 aliphatic carbocycles. The van der Waals surface area contributed by atoms with Crippen LogP contribution in [0.2, 0.25) is 0 Å². The molecule has 6 rings (SSSR count). The van der Waals surface area contributed by atoms with E-state index >= 15 is 0 Å². The summed E-state index contributed by atoms with van der Waals surface area (Å²) in [6.07, 6.45) is 3.92. The minimum absolute atomic E-state index is 0.0101. The average molecular weight is 706 g/mol. The van der Waals surface area contributed by atoms with E-state index in [0.29, 0.717) is 31.2 Å². The fourth-order valence-corrected chi connectivity index (χ4v) is 6.21. The van der Waals surface area contributed by atoms with Crippen molar-refractivity contribution in [1.29, 1.82) is 0 Å². The van der Waals surface area contributed by atoms with Crippen LogP contribution in [-0.2, 0) is 25.6 Å². The lowest BCUT2D eigenvalue weighted by Crippen LogP contribution is -2.54. The van der Waals surface area contributed by atoms with Crippen LogP contribution < -0.4 is 20.7 Å². The second-order valence-corrected chi connectivity index (χ2v) is 12.5. The molecule has 2 aliphatic heterocycles. The first kappa shape index (κ1) is 35.7. The Kier molecular flexibility index (Phi) is 11.5. The highest BCUT2D eigenvalue weighted by Gasteiger charge is 2.46. The highest BCUT2D eigenvalue weighted by Crippen LogP contribution is 2.34. The zero-order valence-corrected chi connectivity index (χ0v) is 28.5. The molecule has 3 N–H and O–H groups in total.